The molecule has 0 amide bonds. The first-order valence-electron chi connectivity index (χ1n) is 6.41. The summed E-state index contributed by atoms with van der Waals surface area (Å²) in [7, 11) is 0. The molecule has 3 rings (SSSR count). The van der Waals surface area contributed by atoms with Gasteiger partial charge in [-0.15, -0.1) is 0 Å². The average Bonchev–Trinajstić information content (AvgIpc) is 3.25. The molecule has 1 unspecified atom stereocenters. The van der Waals surface area contributed by atoms with E-state index in [9.17, 15) is 5.11 Å². The molecular formula is C16H16O3. The summed E-state index contributed by atoms with van der Waals surface area (Å²) >= 11 is 0. The minimum absolute atomic E-state index is 0.260. The number of phenols is 1. The summed E-state index contributed by atoms with van der Waals surface area (Å²) in [5, 5.41) is 9.79. The highest BCUT2D eigenvalue weighted by molar-refractivity contribution is 5.40. The molecule has 0 radical (unpaired) electrons. The van der Waals surface area contributed by atoms with Crippen molar-refractivity contribution in [3.8, 4) is 11.5 Å². The van der Waals surface area contributed by atoms with Crippen LogP contribution < -0.4 is 4.74 Å². The number of aromatic hydroxyl groups is 1. The van der Waals surface area contributed by atoms with E-state index in [2.05, 4.69) is 0 Å². The van der Waals surface area contributed by atoms with Crippen molar-refractivity contribution in [2.75, 3.05) is 6.61 Å². The van der Waals surface area contributed by atoms with Gasteiger partial charge >= 0.3 is 0 Å². The van der Waals surface area contributed by atoms with E-state index in [1.54, 1.807) is 12.1 Å². The minimum atomic E-state index is 0.260. The first-order chi connectivity index (χ1) is 9.31. The molecular weight excluding hydrogens is 240 g/mol. The van der Waals surface area contributed by atoms with Crippen LogP contribution in [0, 0.1) is 0 Å². The lowest BCUT2D eigenvalue weighted by atomic mass is 10.1. The molecule has 0 aliphatic carbocycles. The zero-order valence-electron chi connectivity index (χ0n) is 10.6. The number of benzene rings is 2. The van der Waals surface area contributed by atoms with Crippen LogP contribution in [0.2, 0.25) is 0 Å². The molecule has 2 aromatic rings. The quantitative estimate of drug-likeness (QED) is 0.836. The molecule has 0 spiro atoms. The summed E-state index contributed by atoms with van der Waals surface area (Å²) in [4.78, 5) is 0. The fraction of sp³-hybridized carbons (Fsp3) is 0.250. The zero-order valence-corrected chi connectivity index (χ0v) is 10.6. The molecule has 1 aliphatic heterocycles. The van der Waals surface area contributed by atoms with Gasteiger partial charge in [-0.2, -0.15) is 0 Å². The van der Waals surface area contributed by atoms with Crippen molar-refractivity contribution in [2.24, 2.45) is 0 Å². The predicted octanol–water partition coefficient (Wildman–Crippen LogP) is 2.91. The van der Waals surface area contributed by atoms with Crippen LogP contribution in [0.15, 0.2) is 48.5 Å². The van der Waals surface area contributed by atoms with Gasteiger partial charge in [0.2, 0.25) is 0 Å². The predicted molar refractivity (Wildman–Crippen MR) is 72.3 cm³/mol. The Labute approximate surface area is 112 Å². The van der Waals surface area contributed by atoms with E-state index in [1.807, 2.05) is 36.4 Å². The van der Waals surface area contributed by atoms with Gasteiger partial charge in [0.1, 0.15) is 18.1 Å². The van der Waals surface area contributed by atoms with E-state index in [0.29, 0.717) is 12.4 Å². The van der Waals surface area contributed by atoms with Gasteiger partial charge in [0.15, 0.2) is 0 Å². The fourth-order valence-corrected chi connectivity index (χ4v) is 1.99. The van der Waals surface area contributed by atoms with Crippen LogP contribution in [0.5, 0.6) is 11.5 Å². The molecule has 0 aromatic heterocycles. The second-order valence-corrected chi connectivity index (χ2v) is 4.72. The maximum atomic E-state index is 9.79. The first kappa shape index (κ1) is 12.1. The van der Waals surface area contributed by atoms with Gasteiger partial charge in [-0.05, 0) is 23.8 Å². The van der Waals surface area contributed by atoms with E-state index in [-0.39, 0.29) is 6.10 Å². The van der Waals surface area contributed by atoms with Gasteiger partial charge in [0.05, 0.1) is 12.7 Å². The van der Waals surface area contributed by atoms with Gasteiger partial charge in [-0.3, -0.25) is 0 Å². The summed E-state index contributed by atoms with van der Waals surface area (Å²) in [6.07, 6.45) is 1.00. The average molecular weight is 256 g/mol. The molecule has 19 heavy (non-hydrogen) atoms. The lowest BCUT2D eigenvalue weighted by Crippen LogP contribution is -1.98. The maximum absolute atomic E-state index is 9.79. The van der Waals surface area contributed by atoms with Crippen LogP contribution in [-0.2, 0) is 17.8 Å². The highest BCUT2D eigenvalue weighted by Gasteiger charge is 2.24. The molecule has 98 valence electrons. The number of rotatable bonds is 5. The Morgan fingerprint density at radius 1 is 1.16 bits per heavy atom. The Balaban J connectivity index is 1.67. The van der Waals surface area contributed by atoms with Crippen LogP contribution in [0.3, 0.4) is 0 Å². The van der Waals surface area contributed by atoms with Crippen LogP contribution in [0.1, 0.15) is 11.1 Å². The van der Waals surface area contributed by atoms with Crippen molar-refractivity contribution in [3.05, 3.63) is 59.7 Å². The van der Waals surface area contributed by atoms with Gasteiger partial charge in [-0.25, -0.2) is 0 Å². The number of epoxide rings is 1. The second-order valence-electron chi connectivity index (χ2n) is 4.72. The van der Waals surface area contributed by atoms with Crippen molar-refractivity contribution >= 4 is 0 Å². The standard InChI is InChI=1S/C16H16O3/c17-16-7-6-14(8-13(16)9-15-11-19-15)18-10-12-4-2-1-3-5-12/h1-8,15,17H,9-11H2. The molecule has 1 heterocycles. The van der Waals surface area contributed by atoms with Crippen LogP contribution >= 0.6 is 0 Å². The van der Waals surface area contributed by atoms with E-state index in [0.717, 1.165) is 29.9 Å². The summed E-state index contributed by atoms with van der Waals surface area (Å²) in [6, 6.07) is 15.4. The number of phenolic OH excluding ortho intramolecular Hbond substituents is 1. The SMILES string of the molecule is Oc1ccc(OCc2ccccc2)cc1CC1CO1. The largest absolute Gasteiger partial charge is 0.508 e. The number of ether oxygens (including phenoxy) is 2. The van der Waals surface area contributed by atoms with Crippen molar-refractivity contribution in [3.63, 3.8) is 0 Å². The Morgan fingerprint density at radius 2 is 1.95 bits per heavy atom. The van der Waals surface area contributed by atoms with Crippen molar-refractivity contribution in [2.45, 2.75) is 19.1 Å². The topological polar surface area (TPSA) is 42.0 Å². The minimum Gasteiger partial charge on any atom is -0.508 e. The van der Waals surface area contributed by atoms with Gasteiger partial charge in [0.25, 0.3) is 0 Å². The first-order valence-corrected chi connectivity index (χ1v) is 6.41. The Morgan fingerprint density at radius 3 is 2.68 bits per heavy atom. The monoisotopic (exact) mass is 256 g/mol. The highest BCUT2D eigenvalue weighted by Crippen LogP contribution is 2.27. The third-order valence-corrected chi connectivity index (χ3v) is 3.15. The molecule has 1 fully saturated rings. The Hall–Kier alpha value is -2.00. The lowest BCUT2D eigenvalue weighted by molar-refractivity contribution is 0.305. The normalized spacial score (nSPS) is 17.2. The Bertz CT molecular complexity index is 547. The van der Waals surface area contributed by atoms with E-state index < -0.39 is 0 Å². The van der Waals surface area contributed by atoms with E-state index in [4.69, 9.17) is 9.47 Å². The maximum Gasteiger partial charge on any atom is 0.120 e. The molecule has 3 nitrogen and oxygen atoms in total. The molecule has 3 heteroatoms. The summed E-state index contributed by atoms with van der Waals surface area (Å²) in [6.45, 7) is 1.32. The molecule has 1 N–H and O–H groups in total. The molecule has 1 aliphatic rings. The number of hydrogen-bond acceptors (Lipinski definition) is 3. The van der Waals surface area contributed by atoms with Crippen molar-refractivity contribution < 1.29 is 14.6 Å². The second kappa shape index (κ2) is 5.33. The summed E-state index contributed by atoms with van der Waals surface area (Å²) in [5.41, 5.74) is 2.01. The number of hydrogen-bond donors (Lipinski definition) is 1. The molecule has 2 aromatic carbocycles. The van der Waals surface area contributed by atoms with Gasteiger partial charge in [0, 0.05) is 12.0 Å². The third kappa shape index (κ3) is 3.26. The molecule has 1 saturated heterocycles. The molecule has 1 atom stereocenters. The summed E-state index contributed by atoms with van der Waals surface area (Å²) in [5.74, 6) is 1.08. The zero-order chi connectivity index (χ0) is 13.1. The van der Waals surface area contributed by atoms with Crippen LogP contribution in [0.25, 0.3) is 0 Å². The van der Waals surface area contributed by atoms with Crippen LogP contribution in [-0.4, -0.2) is 17.8 Å². The Kier molecular flexibility index (Phi) is 3.38. The lowest BCUT2D eigenvalue weighted by Gasteiger charge is -2.09. The summed E-state index contributed by atoms with van der Waals surface area (Å²) < 4.78 is 10.9. The smallest absolute Gasteiger partial charge is 0.120 e. The van der Waals surface area contributed by atoms with Gasteiger partial charge in [-0.1, -0.05) is 30.3 Å². The third-order valence-electron chi connectivity index (χ3n) is 3.15. The van der Waals surface area contributed by atoms with E-state index >= 15 is 0 Å². The fourth-order valence-electron chi connectivity index (χ4n) is 1.99. The van der Waals surface area contributed by atoms with Crippen molar-refractivity contribution in [1.29, 1.82) is 0 Å². The van der Waals surface area contributed by atoms with Crippen molar-refractivity contribution in [1.82, 2.24) is 0 Å². The van der Waals surface area contributed by atoms with Crippen LogP contribution in [0.4, 0.5) is 0 Å². The molecule has 0 bridgehead atoms. The van der Waals surface area contributed by atoms with Gasteiger partial charge < -0.3 is 14.6 Å². The molecule has 0 saturated carbocycles. The highest BCUT2D eigenvalue weighted by atomic mass is 16.6. The van der Waals surface area contributed by atoms with E-state index in [1.165, 1.54) is 0 Å².